The number of hydrogen-bond acceptors (Lipinski definition) is 4. The minimum absolute atomic E-state index is 0.562. The summed E-state index contributed by atoms with van der Waals surface area (Å²) in [6, 6.07) is 8.43. The monoisotopic (exact) mass is 314 g/mol. The standard InChI is InChI=1S/C18H26N4O/c1-3-22-18(7-10-19-22)17-6-4-5-16(20-17)15-8-11-21(12-9-15)13-14-23-2/h4-7,10,15H,3,8-9,11-14H2,1-2H3. The van der Waals surface area contributed by atoms with Crippen LogP contribution in [0.3, 0.4) is 0 Å². The van der Waals surface area contributed by atoms with E-state index < -0.39 is 0 Å². The Balaban J connectivity index is 1.69. The van der Waals surface area contributed by atoms with Crippen molar-refractivity contribution in [1.29, 1.82) is 0 Å². The van der Waals surface area contributed by atoms with Gasteiger partial charge in [-0.15, -0.1) is 0 Å². The third-order valence-electron chi connectivity index (χ3n) is 4.67. The molecule has 1 fully saturated rings. The molecule has 1 aliphatic rings. The molecule has 0 saturated carbocycles. The SMILES string of the molecule is CCn1nccc1-c1cccc(C2CCN(CCOC)CC2)n1. The molecule has 5 nitrogen and oxygen atoms in total. The lowest BCUT2D eigenvalue weighted by molar-refractivity contribution is 0.130. The molecule has 0 spiro atoms. The molecule has 0 radical (unpaired) electrons. The van der Waals surface area contributed by atoms with Crippen molar-refractivity contribution in [2.75, 3.05) is 33.4 Å². The van der Waals surface area contributed by atoms with Gasteiger partial charge >= 0.3 is 0 Å². The topological polar surface area (TPSA) is 43.2 Å². The summed E-state index contributed by atoms with van der Waals surface area (Å²) >= 11 is 0. The first kappa shape index (κ1) is 16.1. The Morgan fingerprint density at radius 1 is 1.22 bits per heavy atom. The van der Waals surface area contributed by atoms with E-state index in [1.807, 2.05) is 16.9 Å². The van der Waals surface area contributed by atoms with Crippen LogP contribution in [-0.4, -0.2) is 53.0 Å². The van der Waals surface area contributed by atoms with Gasteiger partial charge in [0.25, 0.3) is 0 Å². The highest BCUT2D eigenvalue weighted by molar-refractivity contribution is 5.54. The number of nitrogens with zero attached hydrogens (tertiary/aromatic N) is 4. The summed E-state index contributed by atoms with van der Waals surface area (Å²) in [5.41, 5.74) is 3.35. The van der Waals surface area contributed by atoms with Crippen LogP contribution in [0.15, 0.2) is 30.5 Å². The molecule has 0 aliphatic carbocycles. The molecule has 0 N–H and O–H groups in total. The lowest BCUT2D eigenvalue weighted by Crippen LogP contribution is -2.35. The minimum Gasteiger partial charge on any atom is -0.383 e. The molecule has 1 aliphatic heterocycles. The van der Waals surface area contributed by atoms with Crippen LogP contribution in [0, 0.1) is 0 Å². The third kappa shape index (κ3) is 3.79. The minimum atomic E-state index is 0.562. The first-order valence-electron chi connectivity index (χ1n) is 8.52. The zero-order chi connectivity index (χ0) is 16.1. The van der Waals surface area contributed by atoms with Gasteiger partial charge in [0, 0.05) is 38.0 Å². The van der Waals surface area contributed by atoms with E-state index in [4.69, 9.17) is 9.72 Å². The quantitative estimate of drug-likeness (QED) is 0.822. The van der Waals surface area contributed by atoms with E-state index in [0.29, 0.717) is 5.92 Å². The second-order valence-electron chi connectivity index (χ2n) is 6.09. The summed E-state index contributed by atoms with van der Waals surface area (Å²) < 4.78 is 7.17. The van der Waals surface area contributed by atoms with Gasteiger partial charge in [-0.2, -0.15) is 5.10 Å². The predicted octanol–water partition coefficient (Wildman–Crippen LogP) is 2.79. The molecule has 124 valence electrons. The van der Waals surface area contributed by atoms with E-state index >= 15 is 0 Å². The van der Waals surface area contributed by atoms with E-state index in [0.717, 1.165) is 44.2 Å². The van der Waals surface area contributed by atoms with Gasteiger partial charge in [0.05, 0.1) is 18.0 Å². The molecular weight excluding hydrogens is 288 g/mol. The first-order chi connectivity index (χ1) is 11.3. The van der Waals surface area contributed by atoms with Gasteiger partial charge in [0.1, 0.15) is 0 Å². The van der Waals surface area contributed by atoms with Crippen LogP contribution in [0.4, 0.5) is 0 Å². The van der Waals surface area contributed by atoms with Crippen molar-refractivity contribution < 1.29 is 4.74 Å². The Morgan fingerprint density at radius 2 is 2.04 bits per heavy atom. The van der Waals surface area contributed by atoms with E-state index in [9.17, 15) is 0 Å². The van der Waals surface area contributed by atoms with Gasteiger partial charge in [-0.25, -0.2) is 0 Å². The van der Waals surface area contributed by atoms with Crippen LogP contribution in [0.1, 0.15) is 31.4 Å². The number of piperidine rings is 1. The number of ether oxygens (including phenoxy) is 1. The average Bonchev–Trinajstić information content (AvgIpc) is 3.09. The summed E-state index contributed by atoms with van der Waals surface area (Å²) in [5, 5.41) is 4.35. The lowest BCUT2D eigenvalue weighted by atomic mass is 9.93. The largest absolute Gasteiger partial charge is 0.383 e. The predicted molar refractivity (Wildman–Crippen MR) is 91.4 cm³/mol. The average molecular weight is 314 g/mol. The van der Waals surface area contributed by atoms with Gasteiger partial charge < -0.3 is 9.64 Å². The number of methoxy groups -OCH3 is 1. The highest BCUT2D eigenvalue weighted by Crippen LogP contribution is 2.28. The lowest BCUT2D eigenvalue weighted by Gasteiger charge is -2.31. The number of rotatable bonds is 6. The fourth-order valence-electron chi connectivity index (χ4n) is 3.30. The number of hydrogen-bond donors (Lipinski definition) is 0. The van der Waals surface area contributed by atoms with Crippen molar-refractivity contribution in [2.24, 2.45) is 0 Å². The Bertz CT molecular complexity index is 617. The van der Waals surface area contributed by atoms with E-state index in [-0.39, 0.29) is 0 Å². The van der Waals surface area contributed by atoms with Crippen molar-refractivity contribution >= 4 is 0 Å². The van der Waals surface area contributed by atoms with Crippen molar-refractivity contribution in [3.8, 4) is 11.4 Å². The van der Waals surface area contributed by atoms with E-state index in [1.165, 1.54) is 18.5 Å². The third-order valence-corrected chi connectivity index (χ3v) is 4.67. The van der Waals surface area contributed by atoms with Crippen molar-refractivity contribution in [3.05, 3.63) is 36.2 Å². The molecule has 3 heterocycles. The Labute approximate surface area is 138 Å². The van der Waals surface area contributed by atoms with Crippen molar-refractivity contribution in [2.45, 2.75) is 32.2 Å². The Kier molecular flexibility index (Phi) is 5.41. The van der Waals surface area contributed by atoms with Crippen LogP contribution in [0.25, 0.3) is 11.4 Å². The Hall–Kier alpha value is -1.72. The maximum Gasteiger partial charge on any atom is 0.0886 e. The molecule has 0 aromatic carbocycles. The molecular formula is C18H26N4O. The summed E-state index contributed by atoms with van der Waals surface area (Å²) in [6.07, 6.45) is 4.20. The smallest absolute Gasteiger partial charge is 0.0886 e. The van der Waals surface area contributed by atoms with Gasteiger partial charge in [0.15, 0.2) is 0 Å². The summed E-state index contributed by atoms with van der Waals surface area (Å²) in [5.74, 6) is 0.562. The molecule has 0 atom stereocenters. The first-order valence-corrected chi connectivity index (χ1v) is 8.52. The molecule has 0 unspecified atom stereocenters. The van der Waals surface area contributed by atoms with Crippen molar-refractivity contribution in [1.82, 2.24) is 19.7 Å². The molecule has 0 amide bonds. The molecule has 23 heavy (non-hydrogen) atoms. The fraction of sp³-hybridized carbons (Fsp3) is 0.556. The maximum absolute atomic E-state index is 5.17. The molecule has 0 bridgehead atoms. The van der Waals surface area contributed by atoms with Crippen LogP contribution in [0.5, 0.6) is 0 Å². The van der Waals surface area contributed by atoms with Gasteiger partial charge in [-0.1, -0.05) is 6.07 Å². The fourth-order valence-corrected chi connectivity index (χ4v) is 3.30. The van der Waals surface area contributed by atoms with Crippen molar-refractivity contribution in [3.63, 3.8) is 0 Å². The number of aromatic nitrogens is 3. The summed E-state index contributed by atoms with van der Waals surface area (Å²) in [6.45, 7) is 7.09. The molecule has 2 aromatic heterocycles. The van der Waals surface area contributed by atoms with Gasteiger partial charge in [-0.3, -0.25) is 9.67 Å². The summed E-state index contributed by atoms with van der Waals surface area (Å²) in [7, 11) is 1.77. The highest BCUT2D eigenvalue weighted by Gasteiger charge is 2.21. The van der Waals surface area contributed by atoms with Gasteiger partial charge in [-0.05, 0) is 51.1 Å². The molecule has 2 aromatic rings. The molecule has 3 rings (SSSR count). The number of pyridine rings is 1. The summed E-state index contributed by atoms with van der Waals surface area (Å²) in [4.78, 5) is 7.41. The van der Waals surface area contributed by atoms with Crippen LogP contribution in [0.2, 0.25) is 0 Å². The number of likely N-dealkylation sites (tertiary alicyclic amines) is 1. The zero-order valence-corrected chi connectivity index (χ0v) is 14.1. The van der Waals surface area contributed by atoms with Gasteiger partial charge in [0.2, 0.25) is 0 Å². The second kappa shape index (κ2) is 7.70. The number of aryl methyl sites for hydroxylation is 1. The second-order valence-corrected chi connectivity index (χ2v) is 6.09. The maximum atomic E-state index is 5.17. The molecule has 5 heteroatoms. The van der Waals surface area contributed by atoms with Crippen LogP contribution >= 0.6 is 0 Å². The van der Waals surface area contributed by atoms with E-state index in [2.05, 4.69) is 35.1 Å². The van der Waals surface area contributed by atoms with E-state index in [1.54, 1.807) is 7.11 Å². The molecule has 1 saturated heterocycles. The Morgan fingerprint density at radius 3 is 2.78 bits per heavy atom. The zero-order valence-electron chi connectivity index (χ0n) is 14.1. The highest BCUT2D eigenvalue weighted by atomic mass is 16.5. The van der Waals surface area contributed by atoms with Crippen LogP contribution < -0.4 is 0 Å². The normalized spacial score (nSPS) is 16.8. The van der Waals surface area contributed by atoms with Crippen LogP contribution in [-0.2, 0) is 11.3 Å².